The Morgan fingerprint density at radius 2 is 2.15 bits per heavy atom. The average Bonchev–Trinajstić information content (AvgIpc) is 2.67. The highest BCUT2D eigenvalue weighted by Gasteiger charge is 2.23. The zero-order valence-electron chi connectivity index (χ0n) is 15.2. The van der Waals surface area contributed by atoms with Gasteiger partial charge in [0.05, 0.1) is 17.6 Å². The Balaban J connectivity index is 1.84. The molecular weight excluding hydrogens is 344 g/mol. The van der Waals surface area contributed by atoms with Crippen LogP contribution in [0.25, 0.3) is 6.08 Å². The van der Waals surface area contributed by atoms with E-state index in [0.29, 0.717) is 11.3 Å². The lowest BCUT2D eigenvalue weighted by molar-refractivity contribution is -0.384. The van der Waals surface area contributed by atoms with E-state index in [0.717, 1.165) is 19.3 Å². The fraction of sp³-hybridized carbons (Fsp3) is 0.286. The molecule has 2 aromatic carbocycles. The summed E-state index contributed by atoms with van der Waals surface area (Å²) >= 11 is 0. The van der Waals surface area contributed by atoms with Crippen LogP contribution in [-0.4, -0.2) is 17.5 Å². The van der Waals surface area contributed by atoms with Gasteiger partial charge in [0, 0.05) is 12.1 Å². The smallest absolute Gasteiger partial charge is 0.330 e. The largest absolute Gasteiger partial charge is 0.463 e. The van der Waals surface area contributed by atoms with Crippen molar-refractivity contribution < 1.29 is 14.5 Å². The fourth-order valence-electron chi connectivity index (χ4n) is 3.37. The van der Waals surface area contributed by atoms with E-state index < -0.39 is 10.9 Å². The van der Waals surface area contributed by atoms with Gasteiger partial charge in [0.2, 0.25) is 0 Å². The minimum absolute atomic E-state index is 0.0101. The molecule has 0 spiro atoms. The van der Waals surface area contributed by atoms with Crippen molar-refractivity contribution in [2.24, 2.45) is 0 Å². The fourth-order valence-corrected chi connectivity index (χ4v) is 3.37. The number of fused-ring (bicyclic) bond motifs is 1. The number of nitro benzene ring substituents is 1. The normalized spacial score (nSPS) is 16.0. The van der Waals surface area contributed by atoms with E-state index in [1.54, 1.807) is 19.1 Å². The van der Waals surface area contributed by atoms with Gasteiger partial charge in [-0.25, -0.2) is 4.79 Å². The number of nitrogens with one attached hydrogen (secondary N) is 1. The van der Waals surface area contributed by atoms with Gasteiger partial charge in [-0.3, -0.25) is 10.1 Å². The van der Waals surface area contributed by atoms with Crippen molar-refractivity contribution in [1.82, 2.24) is 0 Å². The van der Waals surface area contributed by atoms with E-state index in [9.17, 15) is 14.9 Å². The molecule has 1 N–H and O–H groups in total. The van der Waals surface area contributed by atoms with Crippen molar-refractivity contribution in [2.75, 3.05) is 11.9 Å². The molecule has 6 heteroatoms. The van der Waals surface area contributed by atoms with Gasteiger partial charge in [0.1, 0.15) is 5.69 Å². The van der Waals surface area contributed by atoms with Crippen LogP contribution in [0.3, 0.4) is 0 Å². The van der Waals surface area contributed by atoms with E-state index in [1.807, 2.05) is 12.1 Å². The van der Waals surface area contributed by atoms with Crippen LogP contribution in [0.4, 0.5) is 11.4 Å². The van der Waals surface area contributed by atoms with Crippen molar-refractivity contribution >= 4 is 23.4 Å². The summed E-state index contributed by atoms with van der Waals surface area (Å²) in [6, 6.07) is 13.2. The van der Waals surface area contributed by atoms with Crippen molar-refractivity contribution in [2.45, 2.75) is 32.2 Å². The van der Waals surface area contributed by atoms with Crippen molar-refractivity contribution in [3.05, 3.63) is 75.3 Å². The number of carbonyl (C=O) groups excluding carboxylic acids is 1. The molecule has 2 aromatic rings. The summed E-state index contributed by atoms with van der Waals surface area (Å²) in [7, 11) is 0. The summed E-state index contributed by atoms with van der Waals surface area (Å²) in [5.74, 6) is -0.471. The molecule has 0 heterocycles. The minimum Gasteiger partial charge on any atom is -0.463 e. The molecule has 0 aromatic heterocycles. The number of hydrogen-bond donors (Lipinski definition) is 1. The van der Waals surface area contributed by atoms with Crippen LogP contribution in [-0.2, 0) is 16.0 Å². The van der Waals surface area contributed by atoms with Gasteiger partial charge in [-0.2, -0.15) is 0 Å². The number of carbonyl (C=O) groups is 1. The first-order valence-corrected chi connectivity index (χ1v) is 9.06. The molecule has 0 saturated heterocycles. The second kappa shape index (κ2) is 8.49. The lowest BCUT2D eigenvalue weighted by atomic mass is 9.87. The minimum atomic E-state index is -0.471. The third-order valence-electron chi connectivity index (χ3n) is 4.62. The maximum Gasteiger partial charge on any atom is 0.330 e. The number of anilines is 1. The molecule has 0 fully saturated rings. The van der Waals surface area contributed by atoms with Crippen molar-refractivity contribution in [3.63, 3.8) is 0 Å². The Kier molecular flexibility index (Phi) is 5.86. The molecule has 0 bridgehead atoms. The highest BCUT2D eigenvalue weighted by atomic mass is 16.6. The molecular formula is C21H22N2O4. The van der Waals surface area contributed by atoms with Gasteiger partial charge in [0.25, 0.3) is 5.69 Å². The monoisotopic (exact) mass is 366 g/mol. The highest BCUT2D eigenvalue weighted by Crippen LogP contribution is 2.35. The molecule has 0 unspecified atom stereocenters. The maximum atomic E-state index is 11.6. The van der Waals surface area contributed by atoms with Crippen LogP contribution in [0.15, 0.2) is 48.5 Å². The van der Waals surface area contributed by atoms with Crippen LogP contribution in [0.2, 0.25) is 0 Å². The average molecular weight is 366 g/mol. The molecule has 27 heavy (non-hydrogen) atoms. The number of ether oxygens (including phenoxy) is 1. The zero-order chi connectivity index (χ0) is 19.2. The van der Waals surface area contributed by atoms with Crippen LogP contribution in [0, 0.1) is 10.1 Å². The quantitative estimate of drug-likeness (QED) is 0.348. The predicted molar refractivity (Wildman–Crippen MR) is 105 cm³/mol. The summed E-state index contributed by atoms with van der Waals surface area (Å²) < 4.78 is 4.83. The van der Waals surface area contributed by atoms with Gasteiger partial charge in [-0.15, -0.1) is 0 Å². The lowest BCUT2D eigenvalue weighted by Gasteiger charge is -2.27. The molecule has 140 valence electrons. The summed E-state index contributed by atoms with van der Waals surface area (Å²) in [5, 5.41) is 14.9. The number of aryl methyl sites for hydroxylation is 1. The van der Waals surface area contributed by atoms with Crippen LogP contribution < -0.4 is 5.32 Å². The third kappa shape index (κ3) is 4.53. The highest BCUT2D eigenvalue weighted by molar-refractivity contribution is 5.87. The van der Waals surface area contributed by atoms with Gasteiger partial charge in [-0.1, -0.05) is 30.3 Å². The van der Waals surface area contributed by atoms with E-state index in [4.69, 9.17) is 4.74 Å². The summed E-state index contributed by atoms with van der Waals surface area (Å²) in [5.41, 5.74) is 3.53. The first-order valence-electron chi connectivity index (χ1n) is 9.06. The molecule has 0 amide bonds. The standard InChI is InChI=1S/C21H22N2O4/c1-2-27-21(24)13-11-15-10-12-19(20(14-15)23(25)26)22-18-9-5-7-16-6-3-4-8-17(16)18/h3-4,6,8,10-14,18,22H,2,5,7,9H2,1H3/b13-11+/t18-/m1/s1. The molecule has 0 aliphatic heterocycles. The summed E-state index contributed by atoms with van der Waals surface area (Å²) in [6.45, 7) is 2.01. The second-order valence-corrected chi connectivity index (χ2v) is 6.41. The van der Waals surface area contributed by atoms with Crippen LogP contribution in [0.1, 0.15) is 42.5 Å². The van der Waals surface area contributed by atoms with E-state index in [2.05, 4.69) is 17.4 Å². The predicted octanol–water partition coefficient (Wildman–Crippen LogP) is 4.66. The van der Waals surface area contributed by atoms with Crippen LogP contribution in [0.5, 0.6) is 0 Å². The summed E-state index contributed by atoms with van der Waals surface area (Å²) in [4.78, 5) is 22.6. The lowest BCUT2D eigenvalue weighted by Crippen LogP contribution is -2.17. The van der Waals surface area contributed by atoms with Gasteiger partial charge < -0.3 is 10.1 Å². The zero-order valence-corrected chi connectivity index (χ0v) is 15.2. The number of nitrogens with zero attached hydrogens (tertiary/aromatic N) is 1. The number of hydrogen-bond acceptors (Lipinski definition) is 5. The Morgan fingerprint density at radius 3 is 2.93 bits per heavy atom. The molecule has 1 atom stereocenters. The Labute approximate surface area is 158 Å². The molecule has 0 saturated carbocycles. The maximum absolute atomic E-state index is 11.6. The van der Waals surface area contributed by atoms with E-state index in [-0.39, 0.29) is 18.3 Å². The molecule has 1 aliphatic carbocycles. The number of benzene rings is 2. The first kappa shape index (κ1) is 18.6. The second-order valence-electron chi connectivity index (χ2n) is 6.41. The van der Waals surface area contributed by atoms with Crippen LogP contribution >= 0.6 is 0 Å². The number of nitro groups is 1. The topological polar surface area (TPSA) is 81.5 Å². The van der Waals surface area contributed by atoms with Crippen molar-refractivity contribution in [1.29, 1.82) is 0 Å². The van der Waals surface area contributed by atoms with Crippen molar-refractivity contribution in [3.8, 4) is 0 Å². The number of rotatable bonds is 6. The van der Waals surface area contributed by atoms with E-state index in [1.165, 1.54) is 29.3 Å². The summed E-state index contributed by atoms with van der Waals surface area (Å²) in [6.07, 6.45) is 5.80. The SMILES string of the molecule is CCOC(=O)/C=C/c1ccc(N[C@@H]2CCCc3ccccc32)c([N+](=O)[O-])c1. The third-order valence-corrected chi connectivity index (χ3v) is 4.62. The molecule has 1 aliphatic rings. The molecule has 0 radical (unpaired) electrons. The van der Waals surface area contributed by atoms with E-state index >= 15 is 0 Å². The molecule has 6 nitrogen and oxygen atoms in total. The number of esters is 1. The first-order chi connectivity index (χ1) is 13.1. The Morgan fingerprint density at radius 1 is 1.33 bits per heavy atom. The van der Waals surface area contributed by atoms with Gasteiger partial charge >= 0.3 is 5.97 Å². The van der Waals surface area contributed by atoms with Gasteiger partial charge in [-0.05, 0) is 55.0 Å². The van der Waals surface area contributed by atoms with Gasteiger partial charge in [0.15, 0.2) is 0 Å². The molecule has 3 rings (SSSR count). The Hall–Kier alpha value is -3.15. The Bertz CT molecular complexity index is 876.